The molecule has 2 aromatic heterocycles. The Hall–Kier alpha value is -2.95. The fraction of sp³-hybridized carbons (Fsp3) is 0.286. The van der Waals surface area contributed by atoms with Crippen molar-refractivity contribution in [3.05, 3.63) is 71.7 Å². The smallest absolute Gasteiger partial charge is 0.253 e. The molecule has 1 aliphatic heterocycles. The third kappa shape index (κ3) is 3.12. The van der Waals surface area contributed by atoms with Gasteiger partial charge < -0.3 is 4.90 Å². The van der Waals surface area contributed by atoms with Gasteiger partial charge >= 0.3 is 0 Å². The highest BCUT2D eigenvalue weighted by atomic mass is 16.2. The molecule has 0 radical (unpaired) electrons. The van der Waals surface area contributed by atoms with Gasteiger partial charge in [0.1, 0.15) is 0 Å². The highest BCUT2D eigenvalue weighted by molar-refractivity contribution is 5.95. The molecule has 0 bridgehead atoms. The van der Waals surface area contributed by atoms with Crippen molar-refractivity contribution in [2.24, 2.45) is 0 Å². The van der Waals surface area contributed by atoms with Gasteiger partial charge in [-0.2, -0.15) is 5.10 Å². The summed E-state index contributed by atoms with van der Waals surface area (Å²) >= 11 is 0. The fourth-order valence-electron chi connectivity index (χ4n) is 3.67. The van der Waals surface area contributed by atoms with Crippen molar-refractivity contribution < 1.29 is 4.79 Å². The molecular formula is C21H22N4O. The summed E-state index contributed by atoms with van der Waals surface area (Å²) in [5.74, 6) is 0.0758. The molecule has 1 saturated heterocycles. The number of hydrogen-bond donors (Lipinski definition) is 0. The zero-order chi connectivity index (χ0) is 18.1. The first-order valence-electron chi connectivity index (χ1n) is 8.95. The molecule has 0 aliphatic carbocycles. The van der Waals surface area contributed by atoms with E-state index in [0.717, 1.165) is 35.6 Å². The molecule has 1 fully saturated rings. The van der Waals surface area contributed by atoms with Crippen LogP contribution in [0.15, 0.2) is 54.7 Å². The topological polar surface area (TPSA) is 51.0 Å². The monoisotopic (exact) mass is 346 g/mol. The van der Waals surface area contributed by atoms with Crippen LogP contribution in [0.5, 0.6) is 0 Å². The summed E-state index contributed by atoms with van der Waals surface area (Å²) in [7, 11) is 0. The predicted octanol–water partition coefficient (Wildman–Crippen LogP) is 3.65. The van der Waals surface area contributed by atoms with Crippen LogP contribution in [0.3, 0.4) is 0 Å². The molecule has 1 amide bonds. The van der Waals surface area contributed by atoms with Crippen LogP contribution < -0.4 is 0 Å². The lowest BCUT2D eigenvalue weighted by Gasteiger charge is -2.18. The predicted molar refractivity (Wildman–Crippen MR) is 101 cm³/mol. The minimum atomic E-state index is 0.0758. The molecule has 3 heterocycles. The van der Waals surface area contributed by atoms with Crippen LogP contribution in [0.4, 0.5) is 0 Å². The summed E-state index contributed by atoms with van der Waals surface area (Å²) in [5, 5.41) is 4.58. The molecule has 26 heavy (non-hydrogen) atoms. The van der Waals surface area contributed by atoms with Gasteiger partial charge in [-0.15, -0.1) is 0 Å². The van der Waals surface area contributed by atoms with E-state index in [1.165, 1.54) is 0 Å². The van der Waals surface area contributed by atoms with Crippen molar-refractivity contribution in [3.63, 3.8) is 0 Å². The minimum absolute atomic E-state index is 0.0758. The highest BCUT2D eigenvalue weighted by Gasteiger charge is 2.29. The largest absolute Gasteiger partial charge is 0.336 e. The number of benzene rings is 1. The average Bonchev–Trinajstić information content (AvgIpc) is 3.28. The molecule has 1 unspecified atom stereocenters. The van der Waals surface area contributed by atoms with Gasteiger partial charge in [0.2, 0.25) is 0 Å². The summed E-state index contributed by atoms with van der Waals surface area (Å²) in [5.41, 5.74) is 4.73. The number of carbonyl (C=O) groups is 1. The maximum absolute atomic E-state index is 13.0. The van der Waals surface area contributed by atoms with E-state index in [2.05, 4.69) is 27.8 Å². The molecule has 0 saturated carbocycles. The van der Waals surface area contributed by atoms with Crippen LogP contribution in [0.25, 0.3) is 11.3 Å². The molecule has 0 N–H and O–H groups in total. The van der Waals surface area contributed by atoms with E-state index in [9.17, 15) is 4.79 Å². The van der Waals surface area contributed by atoms with E-state index >= 15 is 0 Å². The van der Waals surface area contributed by atoms with Gasteiger partial charge in [0, 0.05) is 36.1 Å². The van der Waals surface area contributed by atoms with Crippen LogP contribution in [0.2, 0.25) is 0 Å². The standard InChI is InChI=1S/C21H22N4O/c1-15-12-16(2)25(23-15)19-9-11-24(14-19)21(26)18-7-5-6-17(13-18)20-8-3-4-10-22-20/h3-8,10,12-13,19H,9,11,14H2,1-2H3. The van der Waals surface area contributed by atoms with E-state index in [1.807, 2.05) is 54.3 Å². The molecule has 1 aliphatic rings. The van der Waals surface area contributed by atoms with E-state index in [1.54, 1.807) is 6.20 Å². The molecule has 132 valence electrons. The number of likely N-dealkylation sites (tertiary alicyclic amines) is 1. The molecule has 5 nitrogen and oxygen atoms in total. The second kappa shape index (κ2) is 6.75. The summed E-state index contributed by atoms with van der Waals surface area (Å²) in [6.45, 7) is 5.54. The van der Waals surface area contributed by atoms with E-state index < -0.39 is 0 Å². The lowest BCUT2D eigenvalue weighted by molar-refractivity contribution is 0.0787. The van der Waals surface area contributed by atoms with Crippen LogP contribution >= 0.6 is 0 Å². The fourth-order valence-corrected chi connectivity index (χ4v) is 3.67. The van der Waals surface area contributed by atoms with Gasteiger partial charge in [-0.3, -0.25) is 14.5 Å². The second-order valence-electron chi connectivity index (χ2n) is 6.86. The van der Waals surface area contributed by atoms with Gasteiger partial charge in [0.15, 0.2) is 0 Å². The lowest BCUT2D eigenvalue weighted by Crippen LogP contribution is -2.29. The van der Waals surface area contributed by atoms with Crippen molar-refractivity contribution in [1.82, 2.24) is 19.7 Å². The van der Waals surface area contributed by atoms with Gasteiger partial charge in [-0.1, -0.05) is 18.2 Å². The summed E-state index contributed by atoms with van der Waals surface area (Å²) in [4.78, 5) is 19.3. The van der Waals surface area contributed by atoms with Gasteiger partial charge in [-0.05, 0) is 50.6 Å². The van der Waals surface area contributed by atoms with Crippen molar-refractivity contribution >= 4 is 5.91 Å². The van der Waals surface area contributed by atoms with Crippen LogP contribution in [0.1, 0.15) is 34.2 Å². The number of aryl methyl sites for hydroxylation is 2. The summed E-state index contributed by atoms with van der Waals surface area (Å²) in [6.07, 6.45) is 2.71. The van der Waals surface area contributed by atoms with Gasteiger partial charge in [0.05, 0.1) is 17.4 Å². The normalized spacial score (nSPS) is 16.8. The number of pyridine rings is 1. The Labute approximate surface area is 153 Å². The van der Waals surface area contributed by atoms with E-state index in [0.29, 0.717) is 12.1 Å². The quantitative estimate of drug-likeness (QED) is 0.727. The van der Waals surface area contributed by atoms with Crippen LogP contribution in [-0.4, -0.2) is 38.7 Å². The Morgan fingerprint density at radius 3 is 2.73 bits per heavy atom. The number of amides is 1. The van der Waals surface area contributed by atoms with Crippen molar-refractivity contribution in [2.45, 2.75) is 26.3 Å². The maximum Gasteiger partial charge on any atom is 0.253 e. The minimum Gasteiger partial charge on any atom is -0.336 e. The number of hydrogen-bond acceptors (Lipinski definition) is 3. The highest BCUT2D eigenvalue weighted by Crippen LogP contribution is 2.25. The number of rotatable bonds is 3. The maximum atomic E-state index is 13.0. The molecule has 3 aromatic rings. The first-order valence-corrected chi connectivity index (χ1v) is 8.95. The Bertz CT molecular complexity index is 932. The van der Waals surface area contributed by atoms with E-state index in [4.69, 9.17) is 0 Å². The average molecular weight is 346 g/mol. The van der Waals surface area contributed by atoms with Crippen molar-refractivity contribution in [2.75, 3.05) is 13.1 Å². The lowest BCUT2D eigenvalue weighted by atomic mass is 10.1. The Balaban J connectivity index is 1.53. The molecule has 0 spiro atoms. The van der Waals surface area contributed by atoms with Crippen LogP contribution in [0, 0.1) is 13.8 Å². The molecule has 4 rings (SSSR count). The van der Waals surface area contributed by atoms with E-state index in [-0.39, 0.29) is 11.9 Å². The Morgan fingerprint density at radius 1 is 1.12 bits per heavy atom. The first-order chi connectivity index (χ1) is 12.6. The van der Waals surface area contributed by atoms with Gasteiger partial charge in [-0.25, -0.2) is 0 Å². The third-order valence-corrected chi connectivity index (χ3v) is 4.91. The zero-order valence-corrected chi connectivity index (χ0v) is 15.1. The molecule has 1 atom stereocenters. The zero-order valence-electron chi connectivity index (χ0n) is 15.1. The van der Waals surface area contributed by atoms with Crippen molar-refractivity contribution in [1.29, 1.82) is 0 Å². The number of carbonyl (C=O) groups excluding carboxylic acids is 1. The summed E-state index contributed by atoms with van der Waals surface area (Å²) < 4.78 is 2.06. The first kappa shape index (κ1) is 16.5. The summed E-state index contributed by atoms with van der Waals surface area (Å²) in [6, 6.07) is 15.9. The third-order valence-electron chi connectivity index (χ3n) is 4.91. The second-order valence-corrected chi connectivity index (χ2v) is 6.86. The SMILES string of the molecule is Cc1cc(C)n(C2CCN(C(=O)c3cccc(-c4ccccn4)c3)C2)n1. The van der Waals surface area contributed by atoms with Crippen LogP contribution in [-0.2, 0) is 0 Å². The van der Waals surface area contributed by atoms with Crippen molar-refractivity contribution in [3.8, 4) is 11.3 Å². The molecular weight excluding hydrogens is 324 g/mol. The molecule has 1 aromatic carbocycles. The Morgan fingerprint density at radius 2 is 2.00 bits per heavy atom. The molecule has 5 heteroatoms. The van der Waals surface area contributed by atoms with Gasteiger partial charge in [0.25, 0.3) is 5.91 Å². The number of aromatic nitrogens is 3. The number of nitrogens with zero attached hydrogens (tertiary/aromatic N) is 4. The Kier molecular flexibility index (Phi) is 4.29.